The number of carbonyl (C=O) groups excluding carboxylic acids is 12. The number of amides is 12. The molecule has 6 fully saturated rings. The van der Waals surface area contributed by atoms with Gasteiger partial charge in [0.1, 0.15) is 71.1 Å². The zero-order chi connectivity index (χ0) is 80.6. The lowest BCUT2D eigenvalue weighted by Gasteiger charge is -2.46. The Hall–Kier alpha value is -8.78. The number of fused-ring (bicyclic) bond motifs is 3. The molecular weight excluding hydrogens is 1450 g/mol. The van der Waals surface area contributed by atoms with Crippen molar-refractivity contribution in [3.8, 4) is 0 Å². The summed E-state index contributed by atoms with van der Waals surface area (Å²) in [5, 5.41) is 8.36. The predicted octanol–water partition coefficient (Wildman–Crippen LogP) is 6.03. The maximum absolute atomic E-state index is 15.7. The molecule has 33 heteroatoms. The molecule has 1 spiro atoms. The van der Waals surface area contributed by atoms with Crippen molar-refractivity contribution < 1.29 is 97.4 Å². The summed E-state index contributed by atoms with van der Waals surface area (Å²) in [5.41, 5.74) is -5.22. The molecule has 12 amide bonds. The highest BCUT2D eigenvalue weighted by Crippen LogP contribution is 2.41. The zero-order valence-corrected chi connectivity index (χ0v) is 64.0. The Morgan fingerprint density at radius 1 is 0.636 bits per heavy atom. The van der Waals surface area contributed by atoms with Crippen LogP contribution in [0, 0.1) is 29.4 Å². The number of carbonyl (C=O) groups is 12. The van der Waals surface area contributed by atoms with Crippen LogP contribution in [0.3, 0.4) is 0 Å². The summed E-state index contributed by atoms with van der Waals surface area (Å²) in [4.78, 5) is 193. The third-order valence-corrected chi connectivity index (χ3v) is 23.3. The Morgan fingerprint density at radius 3 is 1.85 bits per heavy atom. The van der Waals surface area contributed by atoms with Gasteiger partial charge in [0, 0.05) is 87.9 Å². The number of benzene rings is 2. The van der Waals surface area contributed by atoms with E-state index < -0.39 is 222 Å². The lowest BCUT2D eigenvalue weighted by molar-refractivity contribution is -0.158. The van der Waals surface area contributed by atoms with E-state index in [1.165, 1.54) is 49.9 Å². The minimum absolute atomic E-state index is 0.00136. The summed E-state index contributed by atoms with van der Waals surface area (Å²) in [7, 11) is 7.99. The van der Waals surface area contributed by atoms with Crippen molar-refractivity contribution in [3.05, 3.63) is 82.4 Å². The first-order valence-electron chi connectivity index (χ1n) is 38.2. The lowest BCUT2D eigenvalue weighted by atomic mass is 9.74. The van der Waals surface area contributed by atoms with Gasteiger partial charge in [-0.2, -0.15) is 26.3 Å². The summed E-state index contributed by atoms with van der Waals surface area (Å²) < 4.78 is 120. The van der Waals surface area contributed by atoms with Crippen molar-refractivity contribution in [1.82, 2.24) is 60.0 Å². The van der Waals surface area contributed by atoms with Gasteiger partial charge in [-0.25, -0.2) is 8.78 Å². The second kappa shape index (κ2) is 36.1. The number of ether oxygens (including phenoxy) is 1. The van der Waals surface area contributed by atoms with Crippen molar-refractivity contribution in [1.29, 1.82) is 0 Å². The Morgan fingerprint density at radius 2 is 1.27 bits per heavy atom. The van der Waals surface area contributed by atoms with E-state index in [0.717, 1.165) is 68.7 Å². The number of halogens is 8. The molecule has 0 unspecified atom stereocenters. The van der Waals surface area contributed by atoms with Gasteiger partial charge < -0.3 is 64.8 Å². The van der Waals surface area contributed by atoms with Crippen LogP contribution in [0.4, 0.5) is 35.1 Å². The van der Waals surface area contributed by atoms with Crippen LogP contribution < -0.4 is 16.0 Å². The molecule has 2 aromatic rings. The molecule has 3 saturated heterocycles. The van der Waals surface area contributed by atoms with Crippen molar-refractivity contribution in [2.75, 3.05) is 88.2 Å². The third-order valence-electron chi connectivity index (χ3n) is 23.3. The molecule has 3 aliphatic carbocycles. The van der Waals surface area contributed by atoms with Crippen molar-refractivity contribution >= 4 is 70.9 Å². The standard InChI is InChI=1S/C77H104F8N12O13/c1-10-45(3)64-72(107)90(5)44-62(100)91(6)55-22-13-12-16-35-96(71(55)106)59(39-47-25-28-50(29-26-47)76(80,81)82)69(104)89(4)43-60(98)86-54(30-27-48-36-52(78)63(53(79)37-48)77(83,84)85)68(103)97-42-51(110-11-2)40-57(97)67(102)88-75(31-19-32-75)74(109)94(9)65(49-20-14-15-21-49)73(108)93(8)58(70(105)95-33-17-18-34-95)41-61(99)92(7)56(66(101)87-64)38-46-23-24-46/h12-13,25-26,28-29,36-37,45-46,49,51,54-59,64-65H,10-11,14-24,27,30-35,38-44H2,1-9H3,(H,86,98)(H,87,101)(H,88,102)/b13-12-/t45-,51+,54-,55-,56-,57-,58-,59-,64-,65-/m0/s1. The molecule has 4 heterocycles. The smallest absolute Gasteiger partial charge is 0.377 e. The molecule has 606 valence electrons. The first kappa shape index (κ1) is 85.2. The topological polar surface area (TPSA) is 279 Å². The van der Waals surface area contributed by atoms with Gasteiger partial charge in [0.15, 0.2) is 0 Å². The minimum atomic E-state index is -5.46. The van der Waals surface area contributed by atoms with E-state index >= 15 is 42.3 Å². The molecule has 3 saturated carbocycles. The number of likely N-dealkylation sites (tertiary alicyclic amines) is 1. The number of hydrogen-bond donors (Lipinski definition) is 3. The second-order valence-electron chi connectivity index (χ2n) is 30.9. The highest BCUT2D eigenvalue weighted by atomic mass is 19.4. The fourth-order valence-corrected chi connectivity index (χ4v) is 16.1. The number of rotatable bonds is 13. The van der Waals surface area contributed by atoms with Gasteiger partial charge >= 0.3 is 12.4 Å². The van der Waals surface area contributed by atoms with E-state index in [-0.39, 0.29) is 69.7 Å². The number of aryl methyl sites for hydroxylation is 1. The highest BCUT2D eigenvalue weighted by Gasteiger charge is 2.54. The minimum Gasteiger partial charge on any atom is -0.377 e. The van der Waals surface area contributed by atoms with Gasteiger partial charge in [-0.15, -0.1) is 0 Å². The van der Waals surface area contributed by atoms with E-state index in [0.29, 0.717) is 76.6 Å². The van der Waals surface area contributed by atoms with Crippen LogP contribution in [0.2, 0.25) is 0 Å². The molecule has 9 rings (SSSR count). The molecular formula is C77H104F8N12O13. The average Bonchev–Trinajstić information content (AvgIpc) is 1.12. The fourth-order valence-electron chi connectivity index (χ4n) is 16.1. The van der Waals surface area contributed by atoms with Gasteiger partial charge in [-0.1, -0.05) is 70.2 Å². The zero-order valence-electron chi connectivity index (χ0n) is 64.0. The first-order valence-corrected chi connectivity index (χ1v) is 38.2. The quantitative estimate of drug-likeness (QED) is 0.153. The van der Waals surface area contributed by atoms with Crippen molar-refractivity contribution in [3.63, 3.8) is 0 Å². The molecule has 3 N–H and O–H groups in total. The van der Waals surface area contributed by atoms with Crippen molar-refractivity contribution in [2.45, 2.75) is 222 Å². The van der Waals surface area contributed by atoms with Crippen LogP contribution in [0.1, 0.15) is 159 Å². The monoisotopic (exact) mass is 1560 g/mol. The number of nitrogens with one attached hydrogen (secondary N) is 3. The SMILES string of the molecule is CCO[C@@H]1C[C@H]2C(=O)NC3(CCC3)C(=O)N(C)[C@@H](C3CCCC3)C(=O)N(C)[C@H](C(=O)N3CCCC3)CC(=O)N(C)[C@@H](CC3CC3)C(=O)N[C@@H]([C@@H](C)CC)C(=O)N(C)CC(=O)N(C)[C@H]3C/C=C\CCN(C3=O)[C@@H](Cc3ccc(C(F)(F)F)cc3)C(=O)N(C)CC(=O)N[C@@H](CCc3cc(F)c(C(F)(F)F)c(F)c3)C(=O)N2C1. The summed E-state index contributed by atoms with van der Waals surface area (Å²) >= 11 is 0. The molecule has 110 heavy (non-hydrogen) atoms. The molecule has 7 aliphatic rings. The Kier molecular flexibility index (Phi) is 28.0. The summed E-state index contributed by atoms with van der Waals surface area (Å²) in [6.45, 7) is 3.65. The molecule has 25 nitrogen and oxygen atoms in total. The van der Waals surface area contributed by atoms with Crippen LogP contribution in [0.5, 0.6) is 0 Å². The maximum atomic E-state index is 15.7. The Labute approximate surface area is 635 Å². The number of alkyl halides is 6. The van der Waals surface area contributed by atoms with E-state index in [4.69, 9.17) is 4.74 Å². The maximum Gasteiger partial charge on any atom is 0.422 e. The van der Waals surface area contributed by atoms with Gasteiger partial charge in [0.05, 0.1) is 31.2 Å². The fraction of sp³-hybridized carbons (Fsp3) is 0.662. The Bertz CT molecular complexity index is 3750. The summed E-state index contributed by atoms with van der Waals surface area (Å²) in [5.74, 6) is -14.7. The van der Waals surface area contributed by atoms with Gasteiger partial charge in [-0.3, -0.25) is 57.5 Å². The molecule has 0 radical (unpaired) electrons. The normalized spacial score (nSPS) is 27.2. The van der Waals surface area contributed by atoms with Crippen LogP contribution in [-0.2, 0) is 87.5 Å². The second-order valence-corrected chi connectivity index (χ2v) is 30.9. The molecule has 4 aliphatic heterocycles. The van der Waals surface area contributed by atoms with E-state index in [9.17, 15) is 50.3 Å². The van der Waals surface area contributed by atoms with Crippen LogP contribution in [-0.4, -0.2) is 263 Å². The molecule has 0 aromatic heterocycles. The van der Waals surface area contributed by atoms with Crippen LogP contribution >= 0.6 is 0 Å². The summed E-state index contributed by atoms with van der Waals surface area (Å²) in [6, 6.07) is -7.07. The average molecular weight is 1560 g/mol. The van der Waals surface area contributed by atoms with E-state index in [1.54, 1.807) is 37.8 Å². The lowest BCUT2D eigenvalue weighted by Crippen LogP contribution is -2.68. The van der Waals surface area contributed by atoms with Gasteiger partial charge in [0.2, 0.25) is 70.9 Å². The molecule has 2 aromatic carbocycles. The van der Waals surface area contributed by atoms with E-state index in [2.05, 4.69) is 16.0 Å². The van der Waals surface area contributed by atoms with Crippen LogP contribution in [0.15, 0.2) is 48.6 Å². The van der Waals surface area contributed by atoms with Crippen molar-refractivity contribution in [2.24, 2.45) is 17.8 Å². The molecule has 2 bridgehead atoms. The summed E-state index contributed by atoms with van der Waals surface area (Å²) in [6.07, 6.45) is -4.33. The Balaban J connectivity index is 1.12. The predicted molar refractivity (Wildman–Crippen MR) is 384 cm³/mol. The molecule has 10 atom stereocenters. The number of hydrogen-bond acceptors (Lipinski definition) is 13. The van der Waals surface area contributed by atoms with Gasteiger partial charge in [0.25, 0.3) is 0 Å². The number of nitrogens with zero attached hydrogens (tertiary/aromatic N) is 9. The number of likely N-dealkylation sites (N-methyl/N-ethyl adjacent to an activating group) is 6. The van der Waals surface area contributed by atoms with E-state index in [1.807, 2.05) is 0 Å². The van der Waals surface area contributed by atoms with Gasteiger partial charge in [-0.05, 0) is 137 Å². The third kappa shape index (κ3) is 19.9. The van der Waals surface area contributed by atoms with Crippen LogP contribution in [0.25, 0.3) is 0 Å². The largest absolute Gasteiger partial charge is 0.422 e. The first-order chi connectivity index (χ1) is 51.9. The highest BCUT2D eigenvalue weighted by molar-refractivity contribution is 6.01.